The number of carbonyl (C=O) groups is 1. The molecule has 0 aliphatic carbocycles. The molecule has 25 heavy (non-hydrogen) atoms. The first-order chi connectivity index (χ1) is 11.5. The average molecular weight is 387 g/mol. The highest BCUT2D eigenvalue weighted by atomic mass is 32.2. The maximum absolute atomic E-state index is 10.4. The Balaban J connectivity index is 0.000000368. The molecule has 0 spiro atoms. The quantitative estimate of drug-likeness (QED) is 0.533. The van der Waals surface area contributed by atoms with Crippen LogP contribution in [0, 0.1) is 0 Å². The summed E-state index contributed by atoms with van der Waals surface area (Å²) in [7, 11) is -8.01. The third kappa shape index (κ3) is 10.8. The predicted octanol–water partition coefficient (Wildman–Crippen LogP) is 1.52. The topological polar surface area (TPSA) is 152 Å². The van der Waals surface area contributed by atoms with Gasteiger partial charge in [0.2, 0.25) is 5.91 Å². The van der Waals surface area contributed by atoms with Crippen LogP contribution >= 0.6 is 0 Å². The largest absolute Gasteiger partial charge is 0.366 e. The van der Waals surface area contributed by atoms with Crippen molar-refractivity contribution in [1.29, 1.82) is 0 Å². The molecule has 2 rings (SSSR count). The monoisotopic (exact) mass is 387 g/mol. The van der Waals surface area contributed by atoms with Gasteiger partial charge in [-0.3, -0.25) is 13.9 Å². The molecule has 8 nitrogen and oxygen atoms in total. The van der Waals surface area contributed by atoms with Gasteiger partial charge in [-0.05, 0) is 30.3 Å². The summed E-state index contributed by atoms with van der Waals surface area (Å²) in [5, 5.41) is 0. The molecule has 0 bridgehead atoms. The Morgan fingerprint density at radius 2 is 1.04 bits per heavy atom. The molecule has 0 fully saturated rings. The summed E-state index contributed by atoms with van der Waals surface area (Å²) in [6.45, 7) is 3.09. The third-order valence-corrected chi connectivity index (χ3v) is 4.02. The van der Waals surface area contributed by atoms with Crippen molar-refractivity contribution in [1.82, 2.24) is 0 Å². The minimum atomic E-state index is -4.00. The molecule has 0 saturated heterocycles. The molecule has 0 heterocycles. The van der Waals surface area contributed by atoms with Crippen LogP contribution in [0.5, 0.6) is 0 Å². The maximum Gasteiger partial charge on any atom is 0.294 e. The van der Waals surface area contributed by atoms with Gasteiger partial charge in [0.15, 0.2) is 0 Å². The van der Waals surface area contributed by atoms with E-state index in [1.54, 1.807) is 36.4 Å². The first kappa shape index (κ1) is 22.5. The van der Waals surface area contributed by atoms with Crippen LogP contribution in [-0.2, 0) is 25.0 Å². The van der Waals surface area contributed by atoms with Crippen molar-refractivity contribution in [2.24, 2.45) is 5.73 Å². The van der Waals surface area contributed by atoms with Gasteiger partial charge in [0.05, 0.1) is 9.79 Å². The summed E-state index contributed by atoms with van der Waals surface area (Å²) in [5.74, 6) is -0.481. The van der Waals surface area contributed by atoms with E-state index in [4.69, 9.17) is 9.11 Å². The minimum Gasteiger partial charge on any atom is -0.366 e. The molecule has 1 amide bonds. The Hall–Kier alpha value is -2.53. The molecule has 2 aromatic rings. The Bertz CT molecular complexity index is 810. The number of nitrogens with two attached hydrogens (primary N) is 1. The van der Waals surface area contributed by atoms with Crippen molar-refractivity contribution in [2.45, 2.75) is 9.79 Å². The van der Waals surface area contributed by atoms with Crippen LogP contribution in [0.3, 0.4) is 0 Å². The fourth-order valence-electron chi connectivity index (χ4n) is 1.18. The standard InChI is InChI=1S/2C6H6O3S.C3H5NO/c2*7-10(8,9)6-4-2-1-3-5-6;1-2-3(4)5/h2*1-5H,(H,7,8,9);2H,1H2,(H2,4,5). The van der Waals surface area contributed by atoms with E-state index in [0.717, 1.165) is 6.08 Å². The normalized spacial score (nSPS) is 10.3. The SMILES string of the molecule is C=CC(N)=O.O=S(=O)(O)c1ccccc1.O=S(=O)(O)c1ccccc1. The second kappa shape index (κ2) is 10.4. The van der Waals surface area contributed by atoms with Crippen LogP contribution in [-0.4, -0.2) is 31.8 Å². The van der Waals surface area contributed by atoms with E-state index in [1.807, 2.05) is 0 Å². The number of hydrogen-bond donors (Lipinski definition) is 3. The van der Waals surface area contributed by atoms with Gasteiger partial charge in [-0.1, -0.05) is 43.0 Å². The van der Waals surface area contributed by atoms with Crippen LogP contribution in [0.1, 0.15) is 0 Å². The lowest BCUT2D eigenvalue weighted by atomic mass is 10.4. The van der Waals surface area contributed by atoms with Crippen LogP contribution in [0.25, 0.3) is 0 Å². The molecule has 0 radical (unpaired) electrons. The summed E-state index contributed by atoms with van der Waals surface area (Å²) >= 11 is 0. The summed E-state index contributed by atoms with van der Waals surface area (Å²) in [4.78, 5) is 9.32. The molecule has 2 aromatic carbocycles. The average Bonchev–Trinajstić information content (AvgIpc) is 2.56. The first-order valence-corrected chi connectivity index (χ1v) is 9.33. The Morgan fingerprint density at radius 3 is 1.16 bits per heavy atom. The van der Waals surface area contributed by atoms with Crippen molar-refractivity contribution in [2.75, 3.05) is 0 Å². The lowest BCUT2D eigenvalue weighted by molar-refractivity contribution is -0.113. The number of primary amides is 1. The predicted molar refractivity (Wildman–Crippen MR) is 91.9 cm³/mol. The van der Waals surface area contributed by atoms with Crippen molar-refractivity contribution >= 4 is 26.1 Å². The van der Waals surface area contributed by atoms with Gasteiger partial charge in [-0.2, -0.15) is 16.8 Å². The Labute approximate surface area is 146 Å². The van der Waals surface area contributed by atoms with E-state index in [9.17, 15) is 21.6 Å². The zero-order valence-corrected chi connectivity index (χ0v) is 14.5. The molecule has 0 aromatic heterocycles. The van der Waals surface area contributed by atoms with Gasteiger partial charge in [0, 0.05) is 0 Å². The molecule has 0 aliphatic rings. The number of rotatable bonds is 3. The minimum absolute atomic E-state index is 0.0741. The maximum atomic E-state index is 10.4. The van der Waals surface area contributed by atoms with E-state index in [1.165, 1.54) is 24.3 Å². The molecule has 0 atom stereocenters. The zero-order valence-electron chi connectivity index (χ0n) is 12.9. The van der Waals surface area contributed by atoms with E-state index in [-0.39, 0.29) is 9.79 Å². The Kier molecular flexibility index (Phi) is 9.31. The molecule has 0 aliphatic heterocycles. The zero-order chi connectivity index (χ0) is 19.5. The fraction of sp³-hybridized carbons (Fsp3) is 0. The van der Waals surface area contributed by atoms with Gasteiger partial charge in [-0.25, -0.2) is 0 Å². The van der Waals surface area contributed by atoms with Crippen molar-refractivity contribution in [3.8, 4) is 0 Å². The lowest BCUT2D eigenvalue weighted by Crippen LogP contribution is -2.04. The van der Waals surface area contributed by atoms with E-state index in [2.05, 4.69) is 12.3 Å². The second-order valence-corrected chi connectivity index (χ2v) is 7.03. The number of benzene rings is 2. The van der Waals surface area contributed by atoms with Crippen LogP contribution in [0.2, 0.25) is 0 Å². The third-order valence-electron chi connectivity index (χ3n) is 2.28. The smallest absolute Gasteiger partial charge is 0.294 e. The highest BCUT2D eigenvalue weighted by Gasteiger charge is 2.06. The van der Waals surface area contributed by atoms with E-state index >= 15 is 0 Å². The van der Waals surface area contributed by atoms with Crippen molar-refractivity contribution < 1.29 is 30.7 Å². The molecular weight excluding hydrogens is 370 g/mol. The first-order valence-electron chi connectivity index (χ1n) is 6.45. The van der Waals surface area contributed by atoms with Crippen molar-refractivity contribution in [3.63, 3.8) is 0 Å². The van der Waals surface area contributed by atoms with Gasteiger partial charge in [0.25, 0.3) is 20.2 Å². The molecular formula is C15H17NO7S2. The molecule has 136 valence electrons. The number of hydrogen-bond acceptors (Lipinski definition) is 5. The number of amides is 1. The van der Waals surface area contributed by atoms with Crippen molar-refractivity contribution in [3.05, 3.63) is 73.3 Å². The highest BCUT2D eigenvalue weighted by molar-refractivity contribution is 7.86. The lowest BCUT2D eigenvalue weighted by Gasteiger charge is -1.92. The second-order valence-electron chi connectivity index (χ2n) is 4.18. The Morgan fingerprint density at radius 1 is 0.800 bits per heavy atom. The van der Waals surface area contributed by atoms with Crippen LogP contribution in [0.15, 0.2) is 83.1 Å². The van der Waals surface area contributed by atoms with Crippen LogP contribution in [0.4, 0.5) is 0 Å². The van der Waals surface area contributed by atoms with Gasteiger partial charge < -0.3 is 5.73 Å². The summed E-state index contributed by atoms with van der Waals surface area (Å²) in [6, 6.07) is 14.8. The number of carbonyl (C=O) groups excluding carboxylic acids is 1. The molecule has 0 saturated carbocycles. The van der Waals surface area contributed by atoms with Gasteiger partial charge >= 0.3 is 0 Å². The fourth-order valence-corrected chi connectivity index (χ4v) is 2.19. The van der Waals surface area contributed by atoms with E-state index in [0.29, 0.717) is 0 Å². The van der Waals surface area contributed by atoms with Gasteiger partial charge in [-0.15, -0.1) is 0 Å². The summed E-state index contributed by atoms with van der Waals surface area (Å²) in [5.41, 5.74) is 4.53. The highest BCUT2D eigenvalue weighted by Crippen LogP contribution is 2.05. The van der Waals surface area contributed by atoms with Gasteiger partial charge in [0.1, 0.15) is 0 Å². The molecule has 0 unspecified atom stereocenters. The van der Waals surface area contributed by atoms with Crippen LogP contribution < -0.4 is 5.73 Å². The molecule has 10 heteroatoms. The summed E-state index contributed by atoms with van der Waals surface area (Å²) < 4.78 is 58.5. The summed E-state index contributed by atoms with van der Waals surface area (Å²) in [6.07, 6.45) is 1.06. The van der Waals surface area contributed by atoms with E-state index < -0.39 is 26.1 Å². The molecule has 4 N–H and O–H groups in total.